The molecule has 0 saturated carbocycles. The van der Waals surface area contributed by atoms with Gasteiger partial charge in [-0.1, -0.05) is 26.0 Å². The quantitative estimate of drug-likeness (QED) is 0.840. The first-order chi connectivity index (χ1) is 10.1. The van der Waals surface area contributed by atoms with Gasteiger partial charge in [0.15, 0.2) is 12.2 Å². The summed E-state index contributed by atoms with van der Waals surface area (Å²) in [6.07, 6.45) is 1.65. The molecule has 0 saturated heterocycles. The van der Waals surface area contributed by atoms with Gasteiger partial charge >= 0.3 is 0 Å². The van der Waals surface area contributed by atoms with Gasteiger partial charge in [-0.2, -0.15) is 0 Å². The molecule has 0 unspecified atom stereocenters. The number of nitrogens with one attached hydrogen (secondary N) is 1. The van der Waals surface area contributed by atoms with E-state index in [9.17, 15) is 0 Å². The van der Waals surface area contributed by atoms with Crippen molar-refractivity contribution in [2.75, 3.05) is 6.54 Å². The lowest BCUT2D eigenvalue weighted by Crippen LogP contribution is -2.19. The van der Waals surface area contributed by atoms with Crippen LogP contribution in [0.2, 0.25) is 0 Å². The largest absolute Gasteiger partial charge is 0.491 e. The smallest absolute Gasteiger partial charge is 0.181 e. The first-order valence-electron chi connectivity index (χ1n) is 7.46. The third kappa shape index (κ3) is 4.60. The van der Waals surface area contributed by atoms with Gasteiger partial charge in [-0.25, -0.2) is 4.98 Å². The van der Waals surface area contributed by atoms with Crippen molar-refractivity contribution in [2.45, 2.75) is 40.3 Å². The topological polar surface area (TPSA) is 47.3 Å². The van der Waals surface area contributed by atoms with E-state index >= 15 is 0 Å². The van der Waals surface area contributed by atoms with Crippen molar-refractivity contribution in [3.63, 3.8) is 0 Å². The molecule has 0 bridgehead atoms. The maximum absolute atomic E-state index is 5.73. The minimum Gasteiger partial charge on any atom is -0.491 e. The second-order valence-corrected chi connectivity index (χ2v) is 5.85. The summed E-state index contributed by atoms with van der Waals surface area (Å²) in [6.45, 7) is 10.1. The number of hydrogen-bond donors (Lipinski definition) is 1. The molecule has 2 aromatic rings. The number of rotatable bonds is 7. The number of nitrogens with zero attached hydrogens (tertiary/aromatic N) is 1. The van der Waals surface area contributed by atoms with Gasteiger partial charge in [0.1, 0.15) is 11.4 Å². The Bertz CT molecular complexity index is 561. The Hall–Kier alpha value is -1.81. The molecule has 0 fully saturated rings. The van der Waals surface area contributed by atoms with E-state index in [1.807, 2.05) is 38.1 Å². The van der Waals surface area contributed by atoms with Gasteiger partial charge in [0.2, 0.25) is 0 Å². The van der Waals surface area contributed by atoms with Crippen LogP contribution in [0.4, 0.5) is 0 Å². The second kappa shape index (κ2) is 7.27. The summed E-state index contributed by atoms with van der Waals surface area (Å²) in [5.74, 6) is 2.27. The van der Waals surface area contributed by atoms with Crippen LogP contribution in [-0.4, -0.2) is 17.6 Å². The standard InChI is InChI=1S/C17H24N2O2/c1-12(2)9-18-10-16-17(20-11-19-16)14-6-5-7-15(8-14)21-13(3)4/h5-8,11-13,18H,9-10H2,1-4H3. The van der Waals surface area contributed by atoms with Gasteiger partial charge in [-0.05, 0) is 38.4 Å². The highest BCUT2D eigenvalue weighted by atomic mass is 16.5. The molecule has 0 aliphatic rings. The van der Waals surface area contributed by atoms with Crippen LogP contribution in [0.1, 0.15) is 33.4 Å². The zero-order chi connectivity index (χ0) is 15.2. The summed E-state index contributed by atoms with van der Waals surface area (Å²) in [4.78, 5) is 4.31. The summed E-state index contributed by atoms with van der Waals surface area (Å²) < 4.78 is 11.3. The van der Waals surface area contributed by atoms with Crippen molar-refractivity contribution < 1.29 is 9.15 Å². The van der Waals surface area contributed by atoms with Crippen LogP contribution in [0, 0.1) is 5.92 Å². The van der Waals surface area contributed by atoms with E-state index < -0.39 is 0 Å². The molecule has 0 radical (unpaired) electrons. The lowest BCUT2D eigenvalue weighted by Gasteiger charge is -2.11. The van der Waals surface area contributed by atoms with Crippen molar-refractivity contribution in [1.29, 1.82) is 0 Å². The van der Waals surface area contributed by atoms with E-state index in [0.29, 0.717) is 12.5 Å². The van der Waals surface area contributed by atoms with Crippen LogP contribution in [0.15, 0.2) is 35.1 Å². The summed E-state index contributed by atoms with van der Waals surface area (Å²) in [6, 6.07) is 7.93. The molecule has 1 aromatic carbocycles. The molecular formula is C17H24N2O2. The van der Waals surface area contributed by atoms with Gasteiger partial charge in [-0.15, -0.1) is 0 Å². The number of oxazole rings is 1. The van der Waals surface area contributed by atoms with Gasteiger partial charge in [0, 0.05) is 12.1 Å². The molecule has 1 heterocycles. The van der Waals surface area contributed by atoms with Crippen molar-refractivity contribution in [3.05, 3.63) is 36.4 Å². The first kappa shape index (κ1) is 15.6. The predicted octanol–water partition coefficient (Wildman–Crippen LogP) is 3.87. The van der Waals surface area contributed by atoms with Crippen LogP contribution in [0.25, 0.3) is 11.3 Å². The Labute approximate surface area is 126 Å². The van der Waals surface area contributed by atoms with Gasteiger partial charge in [-0.3, -0.25) is 0 Å². The molecule has 4 nitrogen and oxygen atoms in total. The normalized spacial score (nSPS) is 11.3. The average Bonchev–Trinajstić information content (AvgIpc) is 2.86. The summed E-state index contributed by atoms with van der Waals surface area (Å²) in [5.41, 5.74) is 1.92. The number of benzene rings is 1. The second-order valence-electron chi connectivity index (χ2n) is 5.85. The van der Waals surface area contributed by atoms with Crippen LogP contribution in [0.5, 0.6) is 5.75 Å². The van der Waals surface area contributed by atoms with Crippen LogP contribution in [0.3, 0.4) is 0 Å². The molecule has 0 atom stereocenters. The summed E-state index contributed by atoms with van der Waals surface area (Å²) in [5, 5.41) is 3.39. The zero-order valence-corrected chi connectivity index (χ0v) is 13.2. The van der Waals surface area contributed by atoms with E-state index in [4.69, 9.17) is 9.15 Å². The number of hydrogen-bond acceptors (Lipinski definition) is 4. The van der Waals surface area contributed by atoms with Gasteiger partial charge in [0.25, 0.3) is 0 Å². The molecule has 0 aliphatic heterocycles. The van der Waals surface area contributed by atoms with Crippen molar-refractivity contribution >= 4 is 0 Å². The molecule has 0 amide bonds. The van der Waals surface area contributed by atoms with Gasteiger partial charge < -0.3 is 14.5 Å². The molecule has 21 heavy (non-hydrogen) atoms. The van der Waals surface area contributed by atoms with Gasteiger partial charge in [0.05, 0.1) is 6.10 Å². The minimum atomic E-state index is 0.155. The molecule has 2 rings (SSSR count). The zero-order valence-electron chi connectivity index (χ0n) is 13.2. The Morgan fingerprint density at radius 2 is 2.05 bits per heavy atom. The highest BCUT2D eigenvalue weighted by Gasteiger charge is 2.11. The average molecular weight is 288 g/mol. The fourth-order valence-electron chi connectivity index (χ4n) is 2.09. The third-order valence-corrected chi connectivity index (χ3v) is 2.95. The molecular weight excluding hydrogens is 264 g/mol. The van der Waals surface area contributed by atoms with E-state index in [0.717, 1.165) is 29.3 Å². The number of ether oxygens (including phenoxy) is 1. The van der Waals surface area contributed by atoms with E-state index in [-0.39, 0.29) is 6.10 Å². The molecule has 114 valence electrons. The lowest BCUT2D eigenvalue weighted by atomic mass is 10.1. The predicted molar refractivity (Wildman–Crippen MR) is 84.2 cm³/mol. The monoisotopic (exact) mass is 288 g/mol. The minimum absolute atomic E-state index is 0.155. The SMILES string of the molecule is CC(C)CNCc1ncoc1-c1cccc(OC(C)C)c1. The van der Waals surface area contributed by atoms with Crippen molar-refractivity contribution in [2.24, 2.45) is 5.92 Å². The summed E-state index contributed by atoms with van der Waals surface area (Å²) in [7, 11) is 0. The molecule has 1 aromatic heterocycles. The first-order valence-corrected chi connectivity index (χ1v) is 7.46. The summed E-state index contributed by atoms with van der Waals surface area (Å²) >= 11 is 0. The number of aromatic nitrogens is 1. The Balaban J connectivity index is 2.13. The molecule has 4 heteroatoms. The fourth-order valence-corrected chi connectivity index (χ4v) is 2.09. The van der Waals surface area contributed by atoms with E-state index in [2.05, 4.69) is 24.1 Å². The highest BCUT2D eigenvalue weighted by Crippen LogP contribution is 2.27. The maximum Gasteiger partial charge on any atom is 0.181 e. The molecule has 0 aliphatic carbocycles. The van der Waals surface area contributed by atoms with Crippen molar-refractivity contribution in [1.82, 2.24) is 10.3 Å². The van der Waals surface area contributed by atoms with Crippen LogP contribution in [-0.2, 0) is 6.54 Å². The maximum atomic E-state index is 5.73. The Kier molecular flexibility index (Phi) is 5.39. The van der Waals surface area contributed by atoms with Crippen molar-refractivity contribution in [3.8, 4) is 17.1 Å². The van der Waals surface area contributed by atoms with E-state index in [1.54, 1.807) is 0 Å². The molecule has 1 N–H and O–H groups in total. The van der Waals surface area contributed by atoms with Crippen LogP contribution >= 0.6 is 0 Å². The van der Waals surface area contributed by atoms with Crippen LogP contribution < -0.4 is 10.1 Å². The van der Waals surface area contributed by atoms with E-state index in [1.165, 1.54) is 6.39 Å². The fraction of sp³-hybridized carbons (Fsp3) is 0.471. The third-order valence-electron chi connectivity index (χ3n) is 2.95. The highest BCUT2D eigenvalue weighted by molar-refractivity contribution is 5.61. The lowest BCUT2D eigenvalue weighted by molar-refractivity contribution is 0.242. The molecule has 0 spiro atoms. The Morgan fingerprint density at radius 1 is 1.24 bits per heavy atom. The Morgan fingerprint density at radius 3 is 2.76 bits per heavy atom.